The summed E-state index contributed by atoms with van der Waals surface area (Å²) in [5.41, 5.74) is 5.33. The van der Waals surface area contributed by atoms with E-state index in [9.17, 15) is 4.79 Å². The van der Waals surface area contributed by atoms with Gasteiger partial charge in [-0.3, -0.25) is 0 Å². The molecule has 0 aliphatic carbocycles. The van der Waals surface area contributed by atoms with E-state index < -0.39 is 6.09 Å². The molecule has 0 unspecified atom stereocenters. The first kappa shape index (κ1) is 18.1. The molecule has 0 radical (unpaired) electrons. The maximum atomic E-state index is 10.1. The lowest BCUT2D eigenvalue weighted by Gasteiger charge is -2.06. The summed E-state index contributed by atoms with van der Waals surface area (Å²) < 4.78 is 15.9. The summed E-state index contributed by atoms with van der Waals surface area (Å²) in [6, 6.07) is 0. The Bertz CT molecular complexity index is 205. The third kappa shape index (κ3) is 17.1. The summed E-state index contributed by atoms with van der Waals surface area (Å²) in [6.45, 7) is 4.76. The molecule has 114 valence electrons. The van der Waals surface area contributed by atoms with Gasteiger partial charge in [0.15, 0.2) is 0 Å². The average Bonchev–Trinajstić information content (AvgIpc) is 2.39. The van der Waals surface area contributed by atoms with Crippen LogP contribution in [-0.4, -0.2) is 63.9 Å². The monoisotopic (exact) mass is 278 g/mol. The lowest BCUT2D eigenvalue weighted by atomic mass is 10.4. The quantitative estimate of drug-likeness (QED) is 0.398. The van der Waals surface area contributed by atoms with E-state index in [2.05, 4.69) is 5.32 Å². The van der Waals surface area contributed by atoms with Crippen LogP contribution in [0.4, 0.5) is 4.79 Å². The second-order valence-electron chi connectivity index (χ2n) is 3.92. The van der Waals surface area contributed by atoms with E-state index in [1.165, 1.54) is 0 Å². The fourth-order valence-electron chi connectivity index (χ4n) is 1.24. The van der Waals surface area contributed by atoms with Crippen molar-refractivity contribution >= 4 is 6.09 Å². The number of amides is 1. The largest absolute Gasteiger partial charge is 0.465 e. The molecule has 7 heteroatoms. The third-order valence-corrected chi connectivity index (χ3v) is 2.18. The van der Waals surface area contributed by atoms with Crippen LogP contribution >= 0.6 is 0 Å². The molecular weight excluding hydrogens is 252 g/mol. The van der Waals surface area contributed by atoms with Crippen molar-refractivity contribution in [2.24, 2.45) is 5.73 Å². The minimum absolute atomic E-state index is 0.413. The van der Waals surface area contributed by atoms with Gasteiger partial charge in [0.1, 0.15) is 0 Å². The van der Waals surface area contributed by atoms with E-state index >= 15 is 0 Å². The number of hydrogen-bond acceptors (Lipinski definition) is 5. The van der Waals surface area contributed by atoms with Gasteiger partial charge in [-0.05, 0) is 25.8 Å². The Morgan fingerprint density at radius 3 is 2.00 bits per heavy atom. The van der Waals surface area contributed by atoms with Crippen molar-refractivity contribution in [1.29, 1.82) is 0 Å². The van der Waals surface area contributed by atoms with Crippen molar-refractivity contribution in [2.45, 2.75) is 19.3 Å². The van der Waals surface area contributed by atoms with Gasteiger partial charge in [-0.25, -0.2) is 4.79 Å². The molecule has 0 saturated heterocycles. The second-order valence-corrected chi connectivity index (χ2v) is 3.92. The Kier molecular flexibility index (Phi) is 14.5. The molecule has 0 bridgehead atoms. The van der Waals surface area contributed by atoms with Crippen molar-refractivity contribution in [2.75, 3.05) is 52.7 Å². The zero-order valence-electron chi connectivity index (χ0n) is 11.4. The number of nitrogens with two attached hydrogens (primary N) is 1. The summed E-state index contributed by atoms with van der Waals surface area (Å²) in [4.78, 5) is 10.1. The van der Waals surface area contributed by atoms with Gasteiger partial charge in [-0.2, -0.15) is 0 Å². The lowest BCUT2D eigenvalue weighted by Crippen LogP contribution is -2.23. The van der Waals surface area contributed by atoms with Crippen molar-refractivity contribution in [3.05, 3.63) is 0 Å². The first-order valence-electron chi connectivity index (χ1n) is 6.67. The van der Waals surface area contributed by atoms with Gasteiger partial charge in [0.2, 0.25) is 0 Å². The highest BCUT2D eigenvalue weighted by Crippen LogP contribution is 1.88. The number of carbonyl (C=O) groups is 1. The molecule has 7 nitrogen and oxygen atoms in total. The maximum Gasteiger partial charge on any atom is 0.404 e. The van der Waals surface area contributed by atoms with Crippen LogP contribution in [0.2, 0.25) is 0 Å². The van der Waals surface area contributed by atoms with Crippen molar-refractivity contribution in [3.63, 3.8) is 0 Å². The van der Waals surface area contributed by atoms with Gasteiger partial charge in [0.05, 0.1) is 13.2 Å². The van der Waals surface area contributed by atoms with E-state index in [-0.39, 0.29) is 0 Å². The smallest absolute Gasteiger partial charge is 0.404 e. The minimum Gasteiger partial charge on any atom is -0.465 e. The van der Waals surface area contributed by atoms with Gasteiger partial charge in [0.25, 0.3) is 0 Å². The van der Waals surface area contributed by atoms with Gasteiger partial charge in [-0.15, -0.1) is 0 Å². The zero-order chi connectivity index (χ0) is 14.2. The Hall–Kier alpha value is -0.890. The minimum atomic E-state index is -1.00. The summed E-state index contributed by atoms with van der Waals surface area (Å²) in [5.74, 6) is 0. The predicted octanol–water partition coefficient (Wildman–Crippen LogP) is 0.433. The normalized spacial score (nSPS) is 10.6. The molecule has 1 amide bonds. The van der Waals surface area contributed by atoms with Crippen LogP contribution < -0.4 is 11.1 Å². The number of carboxylic acid groups (broad SMARTS) is 1. The average molecular weight is 278 g/mol. The first-order valence-corrected chi connectivity index (χ1v) is 6.67. The molecule has 0 aromatic rings. The molecule has 4 N–H and O–H groups in total. The van der Waals surface area contributed by atoms with Crippen LogP contribution in [0.3, 0.4) is 0 Å². The van der Waals surface area contributed by atoms with Crippen LogP contribution in [0.15, 0.2) is 0 Å². The van der Waals surface area contributed by atoms with Crippen LogP contribution in [0, 0.1) is 0 Å². The van der Waals surface area contributed by atoms with E-state index in [0.717, 1.165) is 12.8 Å². The fourth-order valence-corrected chi connectivity index (χ4v) is 1.24. The van der Waals surface area contributed by atoms with Crippen molar-refractivity contribution in [1.82, 2.24) is 5.32 Å². The van der Waals surface area contributed by atoms with Gasteiger partial charge < -0.3 is 30.4 Å². The summed E-state index contributed by atoms with van der Waals surface area (Å²) in [7, 11) is 0. The number of rotatable bonds is 14. The molecular formula is C12H26N2O5. The summed E-state index contributed by atoms with van der Waals surface area (Å²) in [5, 5.41) is 10.6. The highest BCUT2D eigenvalue weighted by molar-refractivity contribution is 5.64. The standard InChI is InChI=1S/C12H26N2O5/c13-4-1-6-17-8-3-9-19-11-10-18-7-2-5-14-12(15)16/h14H,1-11,13H2,(H,15,16). The van der Waals surface area contributed by atoms with Gasteiger partial charge >= 0.3 is 6.09 Å². The molecule has 0 fully saturated rings. The molecule has 0 spiro atoms. The first-order chi connectivity index (χ1) is 9.27. The maximum absolute atomic E-state index is 10.1. The fraction of sp³-hybridized carbons (Fsp3) is 0.917. The van der Waals surface area contributed by atoms with Crippen LogP contribution in [0.5, 0.6) is 0 Å². The Labute approximate surface area is 114 Å². The predicted molar refractivity (Wildman–Crippen MR) is 71.4 cm³/mol. The Balaban J connectivity index is 2.93. The molecule has 19 heavy (non-hydrogen) atoms. The van der Waals surface area contributed by atoms with Gasteiger partial charge in [-0.1, -0.05) is 0 Å². The molecule has 0 aromatic heterocycles. The van der Waals surface area contributed by atoms with E-state index in [1.807, 2.05) is 0 Å². The Morgan fingerprint density at radius 2 is 1.42 bits per heavy atom. The highest BCUT2D eigenvalue weighted by atomic mass is 16.5. The number of ether oxygens (including phenoxy) is 3. The zero-order valence-corrected chi connectivity index (χ0v) is 11.4. The van der Waals surface area contributed by atoms with Crippen molar-refractivity contribution in [3.8, 4) is 0 Å². The molecule has 0 rings (SSSR count). The summed E-state index contributed by atoms with van der Waals surface area (Å²) in [6.07, 6.45) is 1.43. The van der Waals surface area contributed by atoms with E-state index in [4.69, 9.17) is 25.1 Å². The third-order valence-electron chi connectivity index (χ3n) is 2.18. The van der Waals surface area contributed by atoms with E-state index in [0.29, 0.717) is 59.2 Å². The molecule has 0 heterocycles. The highest BCUT2D eigenvalue weighted by Gasteiger charge is 1.94. The molecule has 0 aliphatic heterocycles. The lowest BCUT2D eigenvalue weighted by molar-refractivity contribution is 0.0350. The SMILES string of the molecule is NCCCOCCCOCCOCCCNC(=O)O. The van der Waals surface area contributed by atoms with Crippen LogP contribution in [0.25, 0.3) is 0 Å². The summed E-state index contributed by atoms with van der Waals surface area (Å²) >= 11 is 0. The second kappa shape index (κ2) is 15.2. The van der Waals surface area contributed by atoms with Gasteiger partial charge in [0, 0.05) is 33.0 Å². The topological polar surface area (TPSA) is 103 Å². The number of hydrogen-bond donors (Lipinski definition) is 3. The molecule has 0 saturated carbocycles. The van der Waals surface area contributed by atoms with E-state index in [1.54, 1.807) is 0 Å². The number of nitrogens with one attached hydrogen (secondary N) is 1. The Morgan fingerprint density at radius 1 is 0.895 bits per heavy atom. The molecule has 0 aliphatic rings. The van der Waals surface area contributed by atoms with Crippen LogP contribution in [0.1, 0.15) is 19.3 Å². The molecule has 0 aromatic carbocycles. The van der Waals surface area contributed by atoms with Crippen LogP contribution in [-0.2, 0) is 14.2 Å². The molecule has 0 atom stereocenters. The van der Waals surface area contributed by atoms with Crippen molar-refractivity contribution < 1.29 is 24.1 Å².